The van der Waals surface area contributed by atoms with Crippen molar-refractivity contribution in [2.75, 3.05) is 31.7 Å². The van der Waals surface area contributed by atoms with Crippen LogP contribution in [0.4, 0.5) is 5.82 Å². The number of methoxy groups -OCH3 is 1. The smallest absolute Gasteiger partial charge is 0.257 e. The molecule has 4 rings (SSSR count). The summed E-state index contributed by atoms with van der Waals surface area (Å²) in [6.45, 7) is 4.85. The molecule has 0 saturated carbocycles. The number of rotatable bonds is 5. The van der Waals surface area contributed by atoms with Crippen molar-refractivity contribution in [1.82, 2.24) is 9.97 Å². The molecule has 1 aromatic heterocycles. The summed E-state index contributed by atoms with van der Waals surface area (Å²) < 4.78 is 11.2. The highest BCUT2D eigenvalue weighted by Crippen LogP contribution is 2.33. The molecule has 0 aliphatic carbocycles. The van der Waals surface area contributed by atoms with Gasteiger partial charge in [-0.25, -0.2) is 9.97 Å². The summed E-state index contributed by atoms with van der Waals surface area (Å²) in [7, 11) is 1.66. The van der Waals surface area contributed by atoms with Gasteiger partial charge < -0.3 is 14.4 Å². The summed E-state index contributed by atoms with van der Waals surface area (Å²) in [6.07, 6.45) is 7.53. The predicted octanol–water partition coefficient (Wildman–Crippen LogP) is 3.58. The van der Waals surface area contributed by atoms with Gasteiger partial charge in [-0.1, -0.05) is 18.2 Å². The molecule has 0 bridgehead atoms. The summed E-state index contributed by atoms with van der Waals surface area (Å²) in [5.74, 6) is 3.43. The van der Waals surface area contributed by atoms with Crippen LogP contribution < -0.4 is 14.4 Å². The molecule has 0 N–H and O–H groups in total. The fourth-order valence-electron chi connectivity index (χ4n) is 4.08. The molecule has 1 aromatic carbocycles. The third kappa shape index (κ3) is 3.48. The maximum Gasteiger partial charge on any atom is 0.257 e. The van der Waals surface area contributed by atoms with Gasteiger partial charge in [-0.15, -0.1) is 0 Å². The molecule has 5 nitrogen and oxygen atoms in total. The van der Waals surface area contributed by atoms with Crippen LogP contribution >= 0.6 is 0 Å². The Hall–Kier alpha value is -2.30. The molecular weight excluding hydrogens is 326 g/mol. The molecule has 0 amide bonds. The molecule has 26 heavy (non-hydrogen) atoms. The average Bonchev–Trinajstić information content (AvgIpc) is 3.16. The highest BCUT2D eigenvalue weighted by molar-refractivity contribution is 5.49. The maximum absolute atomic E-state index is 5.84. The number of anilines is 1. The highest BCUT2D eigenvalue weighted by Gasteiger charge is 2.24. The zero-order chi connectivity index (χ0) is 17.9. The van der Waals surface area contributed by atoms with Gasteiger partial charge in [-0.05, 0) is 49.7 Å². The SMILES string of the molecule is COc1ncc(C)nc1N1CCC(CCc2cccc3c2OCC3)CC1. The standard InChI is InChI=1S/C21H27N3O2/c1-15-14-22-21(25-2)20(23-15)24-11-8-16(9-12-24)6-7-17-4-3-5-18-10-13-26-19(17)18/h3-5,14,16H,6-13H2,1-2H3. The summed E-state index contributed by atoms with van der Waals surface area (Å²) >= 11 is 0. The van der Waals surface area contributed by atoms with Gasteiger partial charge in [0.25, 0.3) is 5.88 Å². The summed E-state index contributed by atoms with van der Waals surface area (Å²) in [4.78, 5) is 11.3. The number of fused-ring (bicyclic) bond motifs is 1. The molecular formula is C21H27N3O2. The number of hydrogen-bond acceptors (Lipinski definition) is 5. The average molecular weight is 353 g/mol. The van der Waals surface area contributed by atoms with E-state index < -0.39 is 0 Å². The normalized spacial score (nSPS) is 17.1. The molecule has 3 heterocycles. The number of para-hydroxylation sites is 1. The molecule has 5 heteroatoms. The van der Waals surface area contributed by atoms with E-state index in [-0.39, 0.29) is 0 Å². The van der Waals surface area contributed by atoms with E-state index in [1.54, 1.807) is 13.3 Å². The number of nitrogens with zero attached hydrogens (tertiary/aromatic N) is 3. The Labute approximate surface area is 155 Å². The largest absolute Gasteiger partial charge is 0.493 e. The zero-order valence-corrected chi connectivity index (χ0v) is 15.7. The van der Waals surface area contributed by atoms with Crippen LogP contribution in [0.15, 0.2) is 24.4 Å². The minimum Gasteiger partial charge on any atom is -0.493 e. The van der Waals surface area contributed by atoms with Crippen LogP contribution in [0.3, 0.4) is 0 Å². The van der Waals surface area contributed by atoms with Crippen molar-refractivity contribution in [2.45, 2.75) is 39.0 Å². The second-order valence-electron chi connectivity index (χ2n) is 7.32. The lowest BCUT2D eigenvalue weighted by Gasteiger charge is -2.33. The number of benzene rings is 1. The van der Waals surface area contributed by atoms with Crippen LogP contribution in [0.25, 0.3) is 0 Å². The lowest BCUT2D eigenvalue weighted by Crippen LogP contribution is -2.35. The quantitative estimate of drug-likeness (QED) is 0.822. The third-order valence-corrected chi connectivity index (χ3v) is 5.57. The van der Waals surface area contributed by atoms with Crippen LogP contribution in [0.2, 0.25) is 0 Å². The number of hydrogen-bond donors (Lipinski definition) is 0. The molecule has 0 radical (unpaired) electrons. The molecule has 1 fully saturated rings. The number of aryl methyl sites for hydroxylation is 2. The van der Waals surface area contributed by atoms with Gasteiger partial charge in [0.2, 0.25) is 0 Å². The molecule has 2 aliphatic heterocycles. The van der Waals surface area contributed by atoms with E-state index in [4.69, 9.17) is 9.47 Å². The monoisotopic (exact) mass is 353 g/mol. The van der Waals surface area contributed by atoms with Crippen LogP contribution in [0.1, 0.15) is 36.1 Å². The second-order valence-corrected chi connectivity index (χ2v) is 7.32. The van der Waals surface area contributed by atoms with Gasteiger partial charge in [0.05, 0.1) is 25.6 Å². The maximum atomic E-state index is 5.84. The van der Waals surface area contributed by atoms with Crippen molar-refractivity contribution in [3.8, 4) is 11.6 Å². The molecule has 2 aromatic rings. The van der Waals surface area contributed by atoms with Gasteiger partial charge in [0.15, 0.2) is 5.82 Å². The van der Waals surface area contributed by atoms with E-state index >= 15 is 0 Å². The first-order valence-corrected chi connectivity index (χ1v) is 9.60. The number of ether oxygens (including phenoxy) is 2. The Balaban J connectivity index is 1.35. The first-order valence-electron chi connectivity index (χ1n) is 9.60. The van der Waals surface area contributed by atoms with Gasteiger partial charge in [-0.3, -0.25) is 0 Å². The molecule has 1 saturated heterocycles. The molecule has 0 unspecified atom stereocenters. The fraction of sp³-hybridized carbons (Fsp3) is 0.524. The molecule has 0 atom stereocenters. The number of aromatic nitrogens is 2. The minimum absolute atomic E-state index is 0.631. The summed E-state index contributed by atoms with van der Waals surface area (Å²) in [5, 5.41) is 0. The van der Waals surface area contributed by atoms with Gasteiger partial charge in [0.1, 0.15) is 5.75 Å². The lowest BCUT2D eigenvalue weighted by atomic mass is 9.90. The van der Waals surface area contributed by atoms with Crippen LogP contribution in [0, 0.1) is 12.8 Å². The molecule has 0 spiro atoms. The third-order valence-electron chi connectivity index (χ3n) is 5.57. The Morgan fingerprint density at radius 1 is 1.27 bits per heavy atom. The Bertz CT molecular complexity index is 770. The molecule has 138 valence electrons. The van der Waals surface area contributed by atoms with E-state index in [1.807, 2.05) is 6.92 Å². The topological polar surface area (TPSA) is 47.5 Å². The van der Waals surface area contributed by atoms with Crippen molar-refractivity contribution in [1.29, 1.82) is 0 Å². The van der Waals surface area contributed by atoms with Crippen molar-refractivity contribution in [3.05, 3.63) is 41.2 Å². The van der Waals surface area contributed by atoms with Gasteiger partial charge in [-0.2, -0.15) is 0 Å². The van der Waals surface area contributed by atoms with E-state index in [1.165, 1.54) is 30.4 Å². The van der Waals surface area contributed by atoms with E-state index in [2.05, 4.69) is 33.1 Å². The summed E-state index contributed by atoms with van der Waals surface area (Å²) in [6, 6.07) is 6.60. The van der Waals surface area contributed by atoms with Crippen LogP contribution in [-0.4, -0.2) is 36.8 Å². The Morgan fingerprint density at radius 2 is 2.12 bits per heavy atom. The first-order chi connectivity index (χ1) is 12.7. The molecule has 2 aliphatic rings. The zero-order valence-electron chi connectivity index (χ0n) is 15.7. The van der Waals surface area contributed by atoms with Crippen molar-refractivity contribution in [3.63, 3.8) is 0 Å². The Morgan fingerprint density at radius 3 is 2.92 bits per heavy atom. The highest BCUT2D eigenvalue weighted by atomic mass is 16.5. The number of piperidine rings is 1. The predicted molar refractivity (Wildman–Crippen MR) is 102 cm³/mol. The van der Waals surface area contributed by atoms with Crippen molar-refractivity contribution < 1.29 is 9.47 Å². The van der Waals surface area contributed by atoms with Crippen molar-refractivity contribution in [2.24, 2.45) is 5.92 Å². The summed E-state index contributed by atoms with van der Waals surface area (Å²) in [5.41, 5.74) is 3.69. The first kappa shape index (κ1) is 17.1. The fourth-order valence-corrected chi connectivity index (χ4v) is 4.08. The second kappa shape index (κ2) is 7.52. The minimum atomic E-state index is 0.631. The lowest BCUT2D eigenvalue weighted by molar-refractivity contribution is 0.346. The van der Waals surface area contributed by atoms with E-state index in [0.29, 0.717) is 5.88 Å². The van der Waals surface area contributed by atoms with Gasteiger partial charge in [0, 0.05) is 19.5 Å². The van der Waals surface area contributed by atoms with Crippen LogP contribution in [-0.2, 0) is 12.8 Å². The van der Waals surface area contributed by atoms with Crippen molar-refractivity contribution >= 4 is 5.82 Å². The Kier molecular flexibility index (Phi) is 4.96. The van der Waals surface area contributed by atoms with Gasteiger partial charge >= 0.3 is 0 Å². The van der Waals surface area contributed by atoms with Crippen LogP contribution in [0.5, 0.6) is 11.6 Å². The van der Waals surface area contributed by atoms with E-state index in [9.17, 15) is 0 Å². The van der Waals surface area contributed by atoms with E-state index in [0.717, 1.165) is 55.7 Å².